The Kier molecular flexibility index (Phi) is 3.07. The monoisotopic (exact) mass is 318 g/mol. The first-order chi connectivity index (χ1) is 10.7. The fraction of sp³-hybridized carbons (Fsp3) is 0.312. The average molecular weight is 318 g/mol. The van der Waals surface area contributed by atoms with E-state index in [1.807, 2.05) is 13.8 Å². The summed E-state index contributed by atoms with van der Waals surface area (Å²) < 4.78 is 19.2. The summed E-state index contributed by atoms with van der Waals surface area (Å²) in [6, 6.07) is 1.29. The van der Waals surface area contributed by atoms with Crippen molar-refractivity contribution in [3.63, 3.8) is 0 Å². The van der Waals surface area contributed by atoms with E-state index in [-0.39, 0.29) is 22.7 Å². The number of carbonyl (C=O) groups is 1. The van der Waals surface area contributed by atoms with E-state index in [0.717, 1.165) is 0 Å². The fourth-order valence-electron chi connectivity index (χ4n) is 3.14. The molecule has 3 rings (SSSR count). The summed E-state index contributed by atoms with van der Waals surface area (Å²) in [5.74, 6) is -1.28. The van der Waals surface area contributed by atoms with Crippen LogP contribution in [0.3, 0.4) is 0 Å². The van der Waals surface area contributed by atoms with Gasteiger partial charge in [0.1, 0.15) is 11.5 Å². The Morgan fingerprint density at radius 3 is 2.43 bits per heavy atom. The minimum Gasteiger partial charge on any atom is -0.491 e. The second kappa shape index (κ2) is 4.65. The van der Waals surface area contributed by atoms with Gasteiger partial charge in [-0.05, 0) is 38.0 Å². The fourth-order valence-corrected chi connectivity index (χ4v) is 3.14. The van der Waals surface area contributed by atoms with Crippen LogP contribution in [0, 0.1) is 12.7 Å². The third-order valence-corrected chi connectivity index (χ3v) is 4.08. The van der Waals surface area contributed by atoms with Crippen LogP contribution in [-0.4, -0.2) is 13.0 Å². The highest BCUT2D eigenvalue weighted by molar-refractivity contribution is 6.06. The van der Waals surface area contributed by atoms with Gasteiger partial charge < -0.3 is 15.4 Å². The van der Waals surface area contributed by atoms with E-state index in [2.05, 4.69) is 10.6 Å². The predicted octanol–water partition coefficient (Wildman–Crippen LogP) is 1.46. The maximum absolute atomic E-state index is 14.4. The zero-order chi connectivity index (χ0) is 17.1. The van der Waals surface area contributed by atoms with Crippen molar-refractivity contribution in [3.05, 3.63) is 49.0 Å². The number of rotatable bonds is 3. The van der Waals surface area contributed by atoms with E-state index in [0.29, 0.717) is 11.1 Å². The Labute approximate surface area is 131 Å². The molecule has 2 aromatic carbocycles. The summed E-state index contributed by atoms with van der Waals surface area (Å²) in [6.07, 6.45) is 0. The maximum Gasteiger partial charge on any atom is 0.272 e. The van der Waals surface area contributed by atoms with Crippen molar-refractivity contribution in [3.8, 4) is 5.75 Å². The van der Waals surface area contributed by atoms with Crippen molar-refractivity contribution in [2.75, 3.05) is 12.4 Å². The number of aryl methyl sites for hydroxylation is 1. The molecule has 2 N–H and O–H groups in total. The van der Waals surface area contributed by atoms with Crippen LogP contribution in [0.25, 0.3) is 0 Å². The van der Waals surface area contributed by atoms with Gasteiger partial charge in [-0.15, -0.1) is 0 Å². The molecule has 0 aliphatic carbocycles. The summed E-state index contributed by atoms with van der Waals surface area (Å²) in [6.45, 7) is 5.33. The number of hydrogen-bond donors (Lipinski definition) is 2. The molecule has 0 atom stereocenters. The van der Waals surface area contributed by atoms with Gasteiger partial charge >= 0.3 is 0 Å². The van der Waals surface area contributed by atoms with Gasteiger partial charge in [0.15, 0.2) is 5.75 Å². The lowest BCUT2D eigenvalue weighted by Gasteiger charge is -2.22. The SMILES string of the molecule is COc1c(Nc2c(F)cc(C)c3c2C(=O)NC3(C)C)c(=O)c1=O. The van der Waals surface area contributed by atoms with E-state index < -0.39 is 28.1 Å². The lowest BCUT2D eigenvalue weighted by molar-refractivity contribution is 0.0940. The molecule has 0 bridgehead atoms. The van der Waals surface area contributed by atoms with E-state index in [1.165, 1.54) is 13.2 Å². The zero-order valence-electron chi connectivity index (χ0n) is 13.1. The molecular formula is C16H15FN2O4. The molecule has 1 aliphatic rings. The molecule has 0 radical (unpaired) electrons. The van der Waals surface area contributed by atoms with Gasteiger partial charge in [-0.2, -0.15) is 0 Å². The molecule has 0 aromatic heterocycles. The summed E-state index contributed by atoms with van der Waals surface area (Å²) in [4.78, 5) is 35.3. The van der Waals surface area contributed by atoms with E-state index >= 15 is 0 Å². The van der Waals surface area contributed by atoms with Crippen LogP contribution in [0.5, 0.6) is 5.75 Å². The number of benzene rings is 1. The lowest BCUT2D eigenvalue weighted by Crippen LogP contribution is -2.34. The van der Waals surface area contributed by atoms with Crippen LogP contribution < -0.4 is 26.2 Å². The third-order valence-electron chi connectivity index (χ3n) is 4.08. The Balaban J connectivity index is 2.21. The Hall–Kier alpha value is -2.70. The Morgan fingerprint density at radius 1 is 1.17 bits per heavy atom. The van der Waals surface area contributed by atoms with Gasteiger partial charge in [-0.1, -0.05) is 0 Å². The maximum atomic E-state index is 14.4. The summed E-state index contributed by atoms with van der Waals surface area (Å²) in [5.41, 5.74) is -1.07. The number of amides is 1. The Bertz CT molecular complexity index is 923. The van der Waals surface area contributed by atoms with Crippen LogP contribution in [-0.2, 0) is 5.54 Å². The van der Waals surface area contributed by atoms with Crippen molar-refractivity contribution in [2.45, 2.75) is 26.3 Å². The first-order valence-corrected chi connectivity index (χ1v) is 6.99. The number of halogens is 1. The van der Waals surface area contributed by atoms with Crippen LogP contribution in [0.4, 0.5) is 15.8 Å². The zero-order valence-corrected chi connectivity index (χ0v) is 13.1. The third kappa shape index (κ3) is 1.96. The highest BCUT2D eigenvalue weighted by Gasteiger charge is 2.40. The van der Waals surface area contributed by atoms with Crippen LogP contribution in [0.2, 0.25) is 0 Å². The summed E-state index contributed by atoms with van der Waals surface area (Å²) in [7, 11) is 1.24. The largest absolute Gasteiger partial charge is 0.491 e. The number of methoxy groups -OCH3 is 1. The first-order valence-electron chi connectivity index (χ1n) is 6.99. The molecule has 0 spiro atoms. The number of hydrogen-bond acceptors (Lipinski definition) is 5. The van der Waals surface area contributed by atoms with Crippen molar-refractivity contribution >= 4 is 17.3 Å². The number of carbonyl (C=O) groups excluding carboxylic acids is 1. The second-order valence-corrected chi connectivity index (χ2v) is 6.07. The van der Waals surface area contributed by atoms with Crippen molar-refractivity contribution < 1.29 is 13.9 Å². The van der Waals surface area contributed by atoms with Crippen LogP contribution in [0.1, 0.15) is 35.3 Å². The quantitative estimate of drug-likeness (QED) is 0.837. The molecule has 2 aromatic rings. The topological polar surface area (TPSA) is 84.5 Å². The number of fused-ring (bicyclic) bond motifs is 1. The lowest BCUT2D eigenvalue weighted by atomic mass is 9.89. The molecule has 0 fully saturated rings. The van der Waals surface area contributed by atoms with Gasteiger partial charge in [0.25, 0.3) is 16.8 Å². The molecular weight excluding hydrogens is 303 g/mol. The van der Waals surface area contributed by atoms with E-state index in [9.17, 15) is 18.8 Å². The van der Waals surface area contributed by atoms with Crippen molar-refractivity contribution in [2.24, 2.45) is 0 Å². The normalized spacial score (nSPS) is 15.4. The molecule has 1 aliphatic heterocycles. The second-order valence-electron chi connectivity index (χ2n) is 6.07. The molecule has 1 amide bonds. The van der Waals surface area contributed by atoms with Crippen molar-refractivity contribution in [1.29, 1.82) is 0 Å². The molecule has 23 heavy (non-hydrogen) atoms. The predicted molar refractivity (Wildman–Crippen MR) is 82.8 cm³/mol. The molecule has 7 heteroatoms. The molecule has 1 heterocycles. The number of ether oxygens (including phenoxy) is 1. The summed E-state index contributed by atoms with van der Waals surface area (Å²) in [5, 5.41) is 5.35. The Morgan fingerprint density at radius 2 is 1.83 bits per heavy atom. The molecule has 0 saturated carbocycles. The number of nitrogens with one attached hydrogen (secondary N) is 2. The van der Waals surface area contributed by atoms with Crippen molar-refractivity contribution in [1.82, 2.24) is 5.32 Å². The molecule has 120 valence electrons. The van der Waals surface area contributed by atoms with Gasteiger partial charge in [0.05, 0.1) is 23.9 Å². The van der Waals surface area contributed by atoms with E-state index in [4.69, 9.17) is 4.74 Å². The first kappa shape index (κ1) is 15.2. The standard InChI is InChI=1S/C16H15FN2O4/c1-6-5-7(17)10(8-9(6)16(2,3)19-15(8)22)18-11-12(20)13(21)14(11)23-4/h5,18H,1-4H3,(H,19,22). The van der Waals surface area contributed by atoms with Gasteiger partial charge in [0.2, 0.25) is 0 Å². The summed E-state index contributed by atoms with van der Waals surface area (Å²) >= 11 is 0. The van der Waals surface area contributed by atoms with Crippen LogP contribution in [0.15, 0.2) is 15.7 Å². The van der Waals surface area contributed by atoms with Gasteiger partial charge in [-0.25, -0.2) is 4.39 Å². The highest BCUT2D eigenvalue weighted by atomic mass is 19.1. The average Bonchev–Trinajstić information content (AvgIpc) is 2.71. The van der Waals surface area contributed by atoms with Crippen LogP contribution >= 0.6 is 0 Å². The van der Waals surface area contributed by atoms with E-state index in [1.54, 1.807) is 6.92 Å². The molecule has 6 nitrogen and oxygen atoms in total. The van der Waals surface area contributed by atoms with Gasteiger partial charge in [-0.3, -0.25) is 14.4 Å². The molecule has 0 unspecified atom stereocenters. The highest BCUT2D eigenvalue weighted by Crippen LogP contribution is 2.40. The van der Waals surface area contributed by atoms with Gasteiger partial charge in [0, 0.05) is 0 Å². The smallest absolute Gasteiger partial charge is 0.272 e. The minimum atomic E-state index is -0.798. The molecule has 0 saturated heterocycles. The number of anilines is 2. The minimum absolute atomic E-state index is 0.126.